The number of ether oxygens (including phenoxy) is 1. The molecule has 1 N–H and O–H groups in total. The Balaban J connectivity index is 1.64. The van der Waals surface area contributed by atoms with Crippen molar-refractivity contribution >= 4 is 21.6 Å². The number of carbonyl (C=O) groups is 1. The molecule has 0 bridgehead atoms. The van der Waals surface area contributed by atoms with E-state index in [4.69, 9.17) is 4.74 Å². The van der Waals surface area contributed by atoms with Crippen LogP contribution in [0.4, 0.5) is 5.69 Å². The average Bonchev–Trinajstić information content (AvgIpc) is 3.16. The molecule has 6 nitrogen and oxygen atoms in total. The largest absolute Gasteiger partial charge is 0.484 e. The molecule has 0 atom stereocenters. The predicted octanol–water partition coefficient (Wildman–Crippen LogP) is 2.80. The summed E-state index contributed by atoms with van der Waals surface area (Å²) < 4.78 is 32.1. The van der Waals surface area contributed by atoms with Crippen molar-refractivity contribution < 1.29 is 17.9 Å². The fourth-order valence-electron chi connectivity index (χ4n) is 2.86. The van der Waals surface area contributed by atoms with Crippen molar-refractivity contribution in [2.45, 2.75) is 24.7 Å². The van der Waals surface area contributed by atoms with Crippen LogP contribution in [0.3, 0.4) is 0 Å². The highest BCUT2D eigenvalue weighted by Crippen LogP contribution is 2.23. The van der Waals surface area contributed by atoms with Gasteiger partial charge < -0.3 is 10.1 Å². The number of hydrogen-bond acceptors (Lipinski definition) is 4. The Morgan fingerprint density at radius 3 is 2.58 bits per heavy atom. The van der Waals surface area contributed by atoms with Gasteiger partial charge in [0, 0.05) is 18.8 Å². The zero-order valence-corrected chi connectivity index (χ0v) is 15.5. The lowest BCUT2D eigenvalue weighted by Crippen LogP contribution is -2.28. The summed E-state index contributed by atoms with van der Waals surface area (Å²) in [6.07, 6.45) is 1.76. The van der Waals surface area contributed by atoms with Gasteiger partial charge in [-0.2, -0.15) is 4.31 Å². The molecule has 0 aliphatic carbocycles. The van der Waals surface area contributed by atoms with Gasteiger partial charge >= 0.3 is 0 Å². The van der Waals surface area contributed by atoms with Crippen LogP contribution in [0.1, 0.15) is 18.4 Å². The number of carbonyl (C=O) groups excluding carboxylic acids is 1. The highest BCUT2D eigenvalue weighted by Gasteiger charge is 2.27. The first-order valence-electron chi connectivity index (χ1n) is 8.55. The number of rotatable bonds is 6. The van der Waals surface area contributed by atoms with Crippen LogP contribution in [0.15, 0.2) is 53.4 Å². The van der Waals surface area contributed by atoms with Crippen LogP contribution in [-0.2, 0) is 14.8 Å². The molecule has 1 saturated heterocycles. The molecule has 7 heteroatoms. The first kappa shape index (κ1) is 18.4. The fraction of sp³-hybridized carbons (Fsp3) is 0.316. The molecule has 0 radical (unpaired) electrons. The van der Waals surface area contributed by atoms with Crippen molar-refractivity contribution in [2.75, 3.05) is 25.0 Å². The van der Waals surface area contributed by atoms with Gasteiger partial charge in [0.05, 0.1) is 4.90 Å². The highest BCUT2D eigenvalue weighted by atomic mass is 32.2. The lowest BCUT2D eigenvalue weighted by atomic mass is 10.2. The van der Waals surface area contributed by atoms with Gasteiger partial charge in [0.15, 0.2) is 6.61 Å². The summed E-state index contributed by atoms with van der Waals surface area (Å²) in [5.41, 5.74) is 1.48. The van der Waals surface area contributed by atoms with E-state index in [2.05, 4.69) is 5.32 Å². The Bertz CT molecular complexity index is 890. The maximum atomic E-state index is 12.6. The highest BCUT2D eigenvalue weighted by molar-refractivity contribution is 7.89. The molecule has 138 valence electrons. The molecule has 3 rings (SSSR count). The minimum Gasteiger partial charge on any atom is -0.484 e. The van der Waals surface area contributed by atoms with Crippen LogP contribution < -0.4 is 10.1 Å². The monoisotopic (exact) mass is 374 g/mol. The Hall–Kier alpha value is -2.38. The molecule has 1 aliphatic rings. The SMILES string of the molecule is Cc1cccc(OCC(=O)Nc2cccc(S(=O)(=O)N3CCCC3)c2)c1. The third-order valence-electron chi connectivity index (χ3n) is 4.18. The maximum Gasteiger partial charge on any atom is 0.262 e. The Morgan fingerprint density at radius 2 is 1.85 bits per heavy atom. The number of amides is 1. The van der Waals surface area contributed by atoms with E-state index in [-0.39, 0.29) is 17.4 Å². The second kappa shape index (κ2) is 7.88. The number of sulfonamides is 1. The van der Waals surface area contributed by atoms with Crippen molar-refractivity contribution in [1.82, 2.24) is 4.31 Å². The van der Waals surface area contributed by atoms with Gasteiger partial charge in [0.1, 0.15) is 5.75 Å². The number of hydrogen-bond donors (Lipinski definition) is 1. The standard InChI is InChI=1S/C19H22N2O4S/c1-15-6-4-8-17(12-15)25-14-19(22)20-16-7-5-9-18(13-16)26(23,24)21-10-2-3-11-21/h4-9,12-13H,2-3,10-11,14H2,1H3,(H,20,22). The van der Waals surface area contributed by atoms with Gasteiger partial charge in [-0.1, -0.05) is 18.2 Å². The normalized spacial score (nSPS) is 15.0. The number of benzene rings is 2. The first-order valence-corrected chi connectivity index (χ1v) is 9.99. The maximum absolute atomic E-state index is 12.6. The summed E-state index contributed by atoms with van der Waals surface area (Å²) in [4.78, 5) is 12.3. The van der Waals surface area contributed by atoms with E-state index >= 15 is 0 Å². The van der Waals surface area contributed by atoms with E-state index < -0.39 is 10.0 Å². The third kappa shape index (κ3) is 4.42. The van der Waals surface area contributed by atoms with Crippen molar-refractivity contribution in [3.05, 3.63) is 54.1 Å². The lowest BCUT2D eigenvalue weighted by Gasteiger charge is -2.16. The van der Waals surface area contributed by atoms with Gasteiger partial charge in [-0.25, -0.2) is 8.42 Å². The average molecular weight is 374 g/mol. The molecule has 2 aromatic carbocycles. The van der Waals surface area contributed by atoms with Gasteiger partial charge in [0.2, 0.25) is 10.0 Å². The van der Waals surface area contributed by atoms with Crippen LogP contribution in [0.2, 0.25) is 0 Å². The number of aryl methyl sites for hydroxylation is 1. The number of nitrogens with one attached hydrogen (secondary N) is 1. The topological polar surface area (TPSA) is 75.7 Å². The quantitative estimate of drug-likeness (QED) is 0.844. The van der Waals surface area contributed by atoms with E-state index in [9.17, 15) is 13.2 Å². The summed E-state index contributed by atoms with van der Waals surface area (Å²) in [5, 5.41) is 2.68. The molecule has 1 heterocycles. The molecule has 0 saturated carbocycles. The summed E-state index contributed by atoms with van der Waals surface area (Å²) in [5.74, 6) is 0.271. The van der Waals surface area contributed by atoms with Gasteiger partial charge in [-0.15, -0.1) is 0 Å². The molecule has 1 fully saturated rings. The zero-order chi connectivity index (χ0) is 18.6. The van der Waals surface area contributed by atoms with Crippen molar-refractivity contribution in [2.24, 2.45) is 0 Å². The number of anilines is 1. The molecule has 0 spiro atoms. The summed E-state index contributed by atoms with van der Waals surface area (Å²) in [7, 11) is -3.51. The van der Waals surface area contributed by atoms with E-state index in [0.29, 0.717) is 24.5 Å². The Labute approximate surface area is 153 Å². The smallest absolute Gasteiger partial charge is 0.262 e. The van der Waals surface area contributed by atoms with Crippen LogP contribution >= 0.6 is 0 Å². The van der Waals surface area contributed by atoms with Gasteiger partial charge in [-0.05, 0) is 55.7 Å². The van der Waals surface area contributed by atoms with E-state index in [1.165, 1.54) is 10.4 Å². The van der Waals surface area contributed by atoms with Crippen LogP contribution in [0.5, 0.6) is 5.75 Å². The number of nitrogens with zero attached hydrogens (tertiary/aromatic N) is 1. The molecular formula is C19H22N2O4S. The Kier molecular flexibility index (Phi) is 5.58. The predicted molar refractivity (Wildman–Crippen MR) is 99.7 cm³/mol. The summed E-state index contributed by atoms with van der Waals surface area (Å²) in [6, 6.07) is 13.7. The second-order valence-electron chi connectivity index (χ2n) is 6.29. The van der Waals surface area contributed by atoms with E-state index in [0.717, 1.165) is 18.4 Å². The minimum atomic E-state index is -3.51. The van der Waals surface area contributed by atoms with Crippen LogP contribution in [0.25, 0.3) is 0 Å². The minimum absolute atomic E-state index is 0.146. The molecule has 1 amide bonds. The molecule has 0 unspecified atom stereocenters. The van der Waals surface area contributed by atoms with Crippen LogP contribution in [0, 0.1) is 6.92 Å². The summed E-state index contributed by atoms with van der Waals surface area (Å²) >= 11 is 0. The molecule has 1 aliphatic heterocycles. The lowest BCUT2D eigenvalue weighted by molar-refractivity contribution is -0.118. The summed E-state index contributed by atoms with van der Waals surface area (Å²) in [6.45, 7) is 2.89. The first-order chi connectivity index (χ1) is 12.4. The third-order valence-corrected chi connectivity index (χ3v) is 6.07. The Morgan fingerprint density at radius 1 is 1.12 bits per heavy atom. The molecule has 0 aromatic heterocycles. The van der Waals surface area contributed by atoms with E-state index in [1.807, 2.05) is 25.1 Å². The van der Waals surface area contributed by atoms with Gasteiger partial charge in [0.25, 0.3) is 5.91 Å². The molecule has 26 heavy (non-hydrogen) atoms. The zero-order valence-electron chi connectivity index (χ0n) is 14.6. The van der Waals surface area contributed by atoms with Gasteiger partial charge in [-0.3, -0.25) is 4.79 Å². The van der Waals surface area contributed by atoms with Crippen molar-refractivity contribution in [3.8, 4) is 5.75 Å². The molecule has 2 aromatic rings. The molecular weight excluding hydrogens is 352 g/mol. The fourth-order valence-corrected chi connectivity index (χ4v) is 4.43. The van der Waals surface area contributed by atoms with Crippen molar-refractivity contribution in [1.29, 1.82) is 0 Å². The van der Waals surface area contributed by atoms with Crippen LogP contribution in [-0.4, -0.2) is 38.3 Å². The van der Waals surface area contributed by atoms with E-state index in [1.54, 1.807) is 24.3 Å². The second-order valence-corrected chi connectivity index (χ2v) is 8.23. The van der Waals surface area contributed by atoms with Crippen molar-refractivity contribution in [3.63, 3.8) is 0 Å².